The van der Waals surface area contributed by atoms with Crippen molar-refractivity contribution in [1.82, 2.24) is 9.78 Å². The maximum atomic E-state index is 13.5. The number of carbonyl (C=O) groups excluding carboxylic acids is 1. The van der Waals surface area contributed by atoms with Gasteiger partial charge in [-0.3, -0.25) is 4.79 Å². The zero-order valence-electron chi connectivity index (χ0n) is 21.0. The molecule has 0 aliphatic heterocycles. The molecule has 3 saturated carbocycles. The summed E-state index contributed by atoms with van der Waals surface area (Å²) in [7, 11) is 0. The highest BCUT2D eigenvalue weighted by atomic mass is 32.2. The van der Waals surface area contributed by atoms with E-state index in [0.29, 0.717) is 24.0 Å². The van der Waals surface area contributed by atoms with Crippen molar-refractivity contribution >= 4 is 23.0 Å². The largest absolute Gasteiger partial charge is 0.396 e. The van der Waals surface area contributed by atoms with Gasteiger partial charge in [-0.05, 0) is 103 Å². The van der Waals surface area contributed by atoms with E-state index in [2.05, 4.69) is 25.0 Å². The van der Waals surface area contributed by atoms with Crippen LogP contribution < -0.4 is 0 Å². The number of benzene rings is 1. The molecule has 0 saturated heterocycles. The van der Waals surface area contributed by atoms with E-state index in [9.17, 15) is 19.4 Å². The summed E-state index contributed by atoms with van der Waals surface area (Å²) in [6.45, 7) is 4.59. The van der Waals surface area contributed by atoms with Gasteiger partial charge in [-0.15, -0.1) is 0 Å². The van der Waals surface area contributed by atoms with Crippen molar-refractivity contribution < 1.29 is 19.4 Å². The monoisotopic (exact) mass is 510 g/mol. The SMILES string of the molecule is CC12Cc3cnn(-c4ccc(F)cc4)c3C=C1CCC1C2C(O)CC2(C)C(C(=O)SCCO)CCC12. The molecule has 0 spiro atoms. The Balaban J connectivity index is 1.31. The number of allylic oxidation sites excluding steroid dienone is 1. The third kappa shape index (κ3) is 3.57. The molecule has 1 aromatic heterocycles. The molecule has 3 fully saturated rings. The van der Waals surface area contributed by atoms with Crippen molar-refractivity contribution in [2.45, 2.75) is 58.5 Å². The summed E-state index contributed by atoms with van der Waals surface area (Å²) in [5, 5.41) is 25.8. The van der Waals surface area contributed by atoms with E-state index in [1.165, 1.54) is 35.0 Å². The van der Waals surface area contributed by atoms with Crippen molar-refractivity contribution in [3.05, 3.63) is 53.1 Å². The Kier molecular flexibility index (Phi) is 5.97. The Morgan fingerprint density at radius 1 is 1.22 bits per heavy atom. The van der Waals surface area contributed by atoms with Gasteiger partial charge in [-0.25, -0.2) is 9.07 Å². The average Bonchev–Trinajstić information content (AvgIpc) is 3.40. The second kappa shape index (κ2) is 8.81. The first kappa shape index (κ1) is 24.4. The number of nitrogens with zero attached hydrogens (tertiary/aromatic N) is 2. The summed E-state index contributed by atoms with van der Waals surface area (Å²) < 4.78 is 15.4. The van der Waals surface area contributed by atoms with E-state index in [1.54, 1.807) is 12.1 Å². The van der Waals surface area contributed by atoms with Crippen LogP contribution in [-0.2, 0) is 11.2 Å². The Morgan fingerprint density at radius 3 is 2.75 bits per heavy atom. The van der Waals surface area contributed by atoms with Crippen LogP contribution in [0.4, 0.5) is 4.39 Å². The minimum atomic E-state index is -0.449. The standard InChI is InChI=1S/C29H35FN2O3S/c1-28-14-17-16-31-32(20-6-4-19(30)5-7-20)24(17)13-18(28)3-8-21-22-9-10-23(27(35)36-12-11-33)29(22,2)15-25(34)26(21)28/h4-7,13,16,21-23,25-26,33-34H,3,8-12,14-15H2,1-2H3. The number of aromatic nitrogens is 2. The van der Waals surface area contributed by atoms with Crippen LogP contribution in [0.1, 0.15) is 57.2 Å². The first-order valence-corrected chi connectivity index (χ1v) is 14.2. The zero-order chi connectivity index (χ0) is 25.2. The van der Waals surface area contributed by atoms with E-state index in [0.717, 1.165) is 43.5 Å². The lowest BCUT2D eigenvalue weighted by Gasteiger charge is -2.59. The third-order valence-corrected chi connectivity index (χ3v) is 11.1. The molecular formula is C29H35FN2O3S. The van der Waals surface area contributed by atoms with Gasteiger partial charge < -0.3 is 10.2 Å². The number of fused-ring (bicyclic) bond motifs is 6. The Bertz CT molecular complexity index is 1210. The van der Waals surface area contributed by atoms with Gasteiger partial charge in [-0.1, -0.05) is 31.2 Å². The van der Waals surface area contributed by atoms with Gasteiger partial charge in [0.2, 0.25) is 0 Å². The fourth-order valence-electron chi connectivity index (χ4n) is 8.61. The predicted octanol–water partition coefficient (Wildman–Crippen LogP) is 5.03. The molecule has 2 aromatic rings. The Morgan fingerprint density at radius 2 is 2.00 bits per heavy atom. The molecule has 7 atom stereocenters. The van der Waals surface area contributed by atoms with Crippen LogP contribution in [0.15, 0.2) is 36.0 Å². The van der Waals surface area contributed by atoms with Gasteiger partial charge >= 0.3 is 0 Å². The van der Waals surface area contributed by atoms with Gasteiger partial charge in [0, 0.05) is 11.7 Å². The summed E-state index contributed by atoms with van der Waals surface area (Å²) in [5.41, 5.74) is 4.15. The number of hydrogen-bond donors (Lipinski definition) is 2. The quantitative estimate of drug-likeness (QED) is 0.603. The molecular weight excluding hydrogens is 475 g/mol. The fraction of sp³-hybridized carbons (Fsp3) is 0.586. The first-order valence-electron chi connectivity index (χ1n) is 13.3. The molecule has 6 rings (SSSR count). The summed E-state index contributed by atoms with van der Waals surface area (Å²) in [5.74, 6) is 1.16. The van der Waals surface area contributed by atoms with Crippen LogP contribution in [0, 0.1) is 40.3 Å². The molecule has 0 radical (unpaired) electrons. The molecule has 7 heteroatoms. The lowest BCUT2D eigenvalue weighted by atomic mass is 9.46. The van der Waals surface area contributed by atoms with E-state index < -0.39 is 6.10 Å². The Hall–Kier alpha value is -1.96. The number of thioether (sulfide) groups is 1. The number of carbonyl (C=O) groups is 1. The molecule has 192 valence electrons. The van der Waals surface area contributed by atoms with Crippen molar-refractivity contribution in [3.63, 3.8) is 0 Å². The van der Waals surface area contributed by atoms with Crippen LogP contribution in [-0.4, -0.2) is 43.6 Å². The van der Waals surface area contributed by atoms with Crippen molar-refractivity contribution in [1.29, 1.82) is 0 Å². The second-order valence-electron chi connectivity index (χ2n) is 11.8. The van der Waals surface area contributed by atoms with Crippen LogP contribution in [0.3, 0.4) is 0 Å². The van der Waals surface area contributed by atoms with E-state index in [1.807, 2.05) is 10.9 Å². The topological polar surface area (TPSA) is 75.3 Å². The zero-order valence-corrected chi connectivity index (χ0v) is 21.8. The molecule has 7 unspecified atom stereocenters. The van der Waals surface area contributed by atoms with Crippen molar-refractivity contribution in [2.75, 3.05) is 12.4 Å². The molecule has 0 bridgehead atoms. The van der Waals surface area contributed by atoms with Gasteiger partial charge in [-0.2, -0.15) is 5.10 Å². The average molecular weight is 511 g/mol. The maximum Gasteiger partial charge on any atom is 0.192 e. The number of halogens is 1. The van der Waals surface area contributed by atoms with Crippen molar-refractivity contribution in [2.24, 2.45) is 34.5 Å². The maximum absolute atomic E-state index is 13.5. The highest BCUT2D eigenvalue weighted by Gasteiger charge is 2.63. The number of rotatable bonds is 4. The molecule has 5 nitrogen and oxygen atoms in total. The third-order valence-electron chi connectivity index (χ3n) is 10.1. The van der Waals surface area contributed by atoms with E-state index >= 15 is 0 Å². The van der Waals surface area contributed by atoms with Crippen LogP contribution in [0.2, 0.25) is 0 Å². The Labute approximate surface area is 216 Å². The van der Waals surface area contributed by atoms with Crippen molar-refractivity contribution in [3.8, 4) is 5.69 Å². The summed E-state index contributed by atoms with van der Waals surface area (Å²) >= 11 is 1.26. The van der Waals surface area contributed by atoms with Gasteiger partial charge in [0.25, 0.3) is 0 Å². The van der Waals surface area contributed by atoms with Crippen LogP contribution >= 0.6 is 11.8 Å². The van der Waals surface area contributed by atoms with E-state index in [-0.39, 0.29) is 40.2 Å². The fourth-order valence-corrected chi connectivity index (χ4v) is 9.49. The smallest absolute Gasteiger partial charge is 0.192 e. The minimum Gasteiger partial charge on any atom is -0.396 e. The van der Waals surface area contributed by atoms with Gasteiger partial charge in [0.15, 0.2) is 5.12 Å². The summed E-state index contributed by atoms with van der Waals surface area (Å²) in [6.07, 6.45) is 9.23. The van der Waals surface area contributed by atoms with Crippen LogP contribution in [0.25, 0.3) is 11.8 Å². The molecule has 4 aliphatic carbocycles. The minimum absolute atomic E-state index is 0.0176. The number of hydrogen-bond acceptors (Lipinski definition) is 5. The normalized spacial score (nSPS) is 36.9. The molecule has 2 N–H and O–H groups in total. The van der Waals surface area contributed by atoms with Gasteiger partial charge in [0.1, 0.15) is 5.82 Å². The molecule has 0 amide bonds. The highest BCUT2D eigenvalue weighted by molar-refractivity contribution is 8.13. The summed E-state index contributed by atoms with van der Waals surface area (Å²) in [4.78, 5) is 13.0. The summed E-state index contributed by atoms with van der Waals surface area (Å²) in [6, 6.07) is 6.44. The molecule has 1 heterocycles. The molecule has 1 aromatic carbocycles. The lowest BCUT2D eigenvalue weighted by molar-refractivity contribution is -0.136. The molecule has 4 aliphatic rings. The lowest BCUT2D eigenvalue weighted by Crippen LogP contribution is -2.57. The van der Waals surface area contributed by atoms with E-state index in [4.69, 9.17) is 0 Å². The highest BCUT2D eigenvalue weighted by Crippen LogP contribution is 2.67. The number of aliphatic hydroxyl groups is 2. The molecule has 36 heavy (non-hydrogen) atoms. The predicted molar refractivity (Wildman–Crippen MR) is 139 cm³/mol. The van der Waals surface area contributed by atoms with Gasteiger partial charge in [0.05, 0.1) is 30.3 Å². The van der Waals surface area contributed by atoms with Crippen LogP contribution in [0.5, 0.6) is 0 Å². The first-order chi connectivity index (χ1) is 17.3. The second-order valence-corrected chi connectivity index (χ2v) is 12.9. The number of aliphatic hydroxyl groups excluding tert-OH is 2.